The minimum Gasteiger partial charge on any atom is -0.377 e. The molecular weight excluding hydrogens is 393 g/mol. The lowest BCUT2D eigenvalue weighted by molar-refractivity contribution is -0.148. The molecule has 2 heterocycles. The Hall–Kier alpha value is -1.02. The lowest BCUT2D eigenvalue weighted by atomic mass is 9.78. The van der Waals surface area contributed by atoms with Crippen molar-refractivity contribution in [3.05, 3.63) is 0 Å². The molecule has 2 saturated heterocycles. The fraction of sp³-hybridized carbons (Fsp3) is 0.955. The van der Waals surface area contributed by atoms with Gasteiger partial charge in [0.15, 0.2) is 5.96 Å². The van der Waals surface area contributed by atoms with Gasteiger partial charge in [0.2, 0.25) is 0 Å². The molecule has 8 heteroatoms. The Morgan fingerprint density at radius 1 is 1.10 bits per heavy atom. The molecule has 0 radical (unpaired) electrons. The van der Waals surface area contributed by atoms with Crippen LogP contribution in [0.5, 0.6) is 0 Å². The average molecular weight is 435 g/mol. The van der Waals surface area contributed by atoms with Gasteiger partial charge in [0.1, 0.15) is 0 Å². The highest BCUT2D eigenvalue weighted by molar-refractivity contribution is 5.79. The van der Waals surface area contributed by atoms with Crippen LogP contribution in [0, 0.1) is 17.3 Å². The first-order valence-electron chi connectivity index (χ1n) is 11.5. The van der Waals surface area contributed by atoms with E-state index in [2.05, 4.69) is 38.3 Å². The van der Waals surface area contributed by atoms with E-state index in [9.17, 15) is 13.2 Å². The molecule has 0 saturated carbocycles. The number of ether oxygens (including phenoxy) is 1. The van der Waals surface area contributed by atoms with Crippen LogP contribution in [0.25, 0.3) is 0 Å². The third-order valence-corrected chi connectivity index (χ3v) is 6.08. The number of piperidine rings is 1. The van der Waals surface area contributed by atoms with Crippen LogP contribution >= 0.6 is 0 Å². The molecule has 0 amide bonds. The summed E-state index contributed by atoms with van der Waals surface area (Å²) in [5.41, 5.74) is 0.105. The molecule has 2 atom stereocenters. The molecule has 30 heavy (non-hydrogen) atoms. The monoisotopic (exact) mass is 434 g/mol. The zero-order valence-corrected chi connectivity index (χ0v) is 19.2. The minimum atomic E-state index is -4.10. The molecule has 2 aliphatic rings. The highest BCUT2D eigenvalue weighted by Gasteiger charge is 2.35. The predicted octanol–water partition coefficient (Wildman–Crippen LogP) is 4.05. The predicted molar refractivity (Wildman–Crippen MR) is 116 cm³/mol. The summed E-state index contributed by atoms with van der Waals surface area (Å²) in [5.74, 6) is 1.72. The third kappa shape index (κ3) is 9.00. The third-order valence-electron chi connectivity index (χ3n) is 6.08. The van der Waals surface area contributed by atoms with Gasteiger partial charge < -0.3 is 15.4 Å². The molecule has 2 aliphatic heterocycles. The zero-order valence-electron chi connectivity index (χ0n) is 19.2. The Morgan fingerprint density at radius 2 is 1.80 bits per heavy atom. The van der Waals surface area contributed by atoms with Crippen molar-refractivity contribution in [3.63, 3.8) is 0 Å². The van der Waals surface area contributed by atoms with Crippen molar-refractivity contribution in [2.75, 3.05) is 45.9 Å². The van der Waals surface area contributed by atoms with Crippen LogP contribution in [-0.4, -0.2) is 69.0 Å². The Balaban J connectivity index is 1.76. The van der Waals surface area contributed by atoms with Crippen LogP contribution in [0.15, 0.2) is 4.99 Å². The highest BCUT2D eigenvalue weighted by atomic mass is 19.4. The zero-order chi connectivity index (χ0) is 22.2. The maximum atomic E-state index is 12.5. The molecule has 2 N–H and O–H groups in total. The number of rotatable bonds is 7. The first-order chi connectivity index (χ1) is 14.1. The first-order valence-corrected chi connectivity index (χ1v) is 11.5. The summed E-state index contributed by atoms with van der Waals surface area (Å²) in [7, 11) is 0. The number of hydrogen-bond acceptors (Lipinski definition) is 3. The summed E-state index contributed by atoms with van der Waals surface area (Å²) in [6.07, 6.45) is 0.976. The fourth-order valence-electron chi connectivity index (χ4n) is 4.62. The molecule has 0 aromatic rings. The smallest absolute Gasteiger partial charge is 0.377 e. The van der Waals surface area contributed by atoms with E-state index in [1.54, 1.807) is 0 Å². The summed E-state index contributed by atoms with van der Waals surface area (Å²) in [4.78, 5) is 6.34. The number of aliphatic imine (C=N–C) groups is 1. The summed E-state index contributed by atoms with van der Waals surface area (Å²) in [6.45, 7) is 12.2. The molecule has 0 aromatic carbocycles. The van der Waals surface area contributed by atoms with Gasteiger partial charge in [-0.2, -0.15) is 13.2 Å². The molecule has 176 valence electrons. The van der Waals surface area contributed by atoms with Crippen molar-refractivity contribution < 1.29 is 17.9 Å². The Morgan fingerprint density at radius 3 is 2.40 bits per heavy atom. The van der Waals surface area contributed by atoms with Crippen molar-refractivity contribution in [3.8, 4) is 0 Å². The molecule has 0 spiro atoms. The van der Waals surface area contributed by atoms with Gasteiger partial charge in [0.05, 0.1) is 12.6 Å². The molecule has 2 fully saturated rings. The van der Waals surface area contributed by atoms with E-state index in [0.717, 1.165) is 64.3 Å². The van der Waals surface area contributed by atoms with Gasteiger partial charge in [-0.25, -0.2) is 0 Å². The van der Waals surface area contributed by atoms with Crippen molar-refractivity contribution in [1.82, 2.24) is 15.5 Å². The SMILES string of the molecule is CCNC(=NCC1CCCOC1C(C)(C)C)NCCC1CCN(CC(F)(F)F)CC1. The summed E-state index contributed by atoms with van der Waals surface area (Å²) >= 11 is 0. The van der Waals surface area contributed by atoms with E-state index < -0.39 is 12.7 Å². The highest BCUT2D eigenvalue weighted by Crippen LogP contribution is 2.34. The maximum Gasteiger partial charge on any atom is 0.401 e. The van der Waals surface area contributed by atoms with Gasteiger partial charge in [-0.05, 0) is 63.5 Å². The minimum absolute atomic E-state index is 0.105. The van der Waals surface area contributed by atoms with E-state index in [1.165, 1.54) is 4.90 Å². The Bertz CT molecular complexity index is 525. The normalized spacial score (nSPS) is 25.4. The van der Waals surface area contributed by atoms with Gasteiger partial charge in [-0.1, -0.05) is 20.8 Å². The standard InChI is InChI=1S/C22H41F3N4O/c1-5-26-20(28-15-18-7-6-14-30-19(18)21(2,3)4)27-11-8-17-9-12-29(13-10-17)16-22(23,24)25/h17-19H,5-16H2,1-4H3,(H2,26,27,28). The van der Waals surface area contributed by atoms with Crippen LogP contribution in [0.1, 0.15) is 59.8 Å². The van der Waals surface area contributed by atoms with Gasteiger partial charge in [0, 0.05) is 32.2 Å². The lowest BCUT2D eigenvalue weighted by Gasteiger charge is -2.39. The quantitative estimate of drug-likeness (QED) is 0.469. The van der Waals surface area contributed by atoms with Gasteiger partial charge in [-0.3, -0.25) is 9.89 Å². The molecule has 0 aliphatic carbocycles. The van der Waals surface area contributed by atoms with Gasteiger partial charge >= 0.3 is 6.18 Å². The summed E-state index contributed by atoms with van der Waals surface area (Å²) < 4.78 is 43.6. The Kier molecular flexibility index (Phi) is 9.72. The van der Waals surface area contributed by atoms with E-state index in [-0.39, 0.29) is 11.5 Å². The molecule has 2 unspecified atom stereocenters. The van der Waals surface area contributed by atoms with Crippen molar-refractivity contribution in [2.45, 2.75) is 72.1 Å². The fourth-order valence-corrected chi connectivity index (χ4v) is 4.62. The van der Waals surface area contributed by atoms with E-state index in [4.69, 9.17) is 9.73 Å². The molecular formula is C22H41F3N4O. The second-order valence-corrected chi connectivity index (χ2v) is 9.83. The molecule has 0 bridgehead atoms. The second kappa shape index (κ2) is 11.6. The topological polar surface area (TPSA) is 48.9 Å². The lowest BCUT2D eigenvalue weighted by Crippen LogP contribution is -2.43. The average Bonchev–Trinajstić information content (AvgIpc) is 2.66. The van der Waals surface area contributed by atoms with Crippen molar-refractivity contribution in [2.24, 2.45) is 22.2 Å². The largest absolute Gasteiger partial charge is 0.401 e. The maximum absolute atomic E-state index is 12.5. The van der Waals surface area contributed by atoms with Crippen molar-refractivity contribution in [1.29, 1.82) is 0 Å². The van der Waals surface area contributed by atoms with Crippen LogP contribution < -0.4 is 10.6 Å². The van der Waals surface area contributed by atoms with Gasteiger partial charge in [-0.15, -0.1) is 0 Å². The number of halogens is 3. The number of guanidine groups is 1. The van der Waals surface area contributed by atoms with E-state index >= 15 is 0 Å². The number of alkyl halides is 3. The number of nitrogens with zero attached hydrogens (tertiary/aromatic N) is 2. The first kappa shape index (κ1) is 25.2. The van der Waals surface area contributed by atoms with Crippen LogP contribution in [0.3, 0.4) is 0 Å². The molecule has 0 aromatic heterocycles. The van der Waals surface area contributed by atoms with E-state index in [1.807, 2.05) is 0 Å². The van der Waals surface area contributed by atoms with Gasteiger partial charge in [0.25, 0.3) is 0 Å². The Labute approximate surface area is 180 Å². The summed E-state index contributed by atoms with van der Waals surface area (Å²) in [6, 6.07) is 0. The molecule has 2 rings (SSSR count). The van der Waals surface area contributed by atoms with Crippen LogP contribution in [0.4, 0.5) is 13.2 Å². The van der Waals surface area contributed by atoms with Crippen LogP contribution in [0.2, 0.25) is 0 Å². The number of hydrogen-bond donors (Lipinski definition) is 2. The van der Waals surface area contributed by atoms with Crippen molar-refractivity contribution >= 4 is 5.96 Å². The number of likely N-dealkylation sites (tertiary alicyclic amines) is 1. The van der Waals surface area contributed by atoms with E-state index in [0.29, 0.717) is 24.9 Å². The van der Waals surface area contributed by atoms with Crippen LogP contribution in [-0.2, 0) is 4.74 Å². The second-order valence-electron chi connectivity index (χ2n) is 9.83. The molecule has 5 nitrogen and oxygen atoms in total. The summed E-state index contributed by atoms with van der Waals surface area (Å²) in [5, 5.41) is 6.73. The number of nitrogens with one attached hydrogen (secondary N) is 2.